The third-order valence-corrected chi connectivity index (χ3v) is 8.51. The maximum Gasteiger partial charge on any atom is 0.194 e. The van der Waals surface area contributed by atoms with Crippen molar-refractivity contribution in [3.05, 3.63) is 93.8 Å². The molecule has 0 radical (unpaired) electrons. The molecule has 5 nitrogen and oxygen atoms in total. The molecule has 37 heavy (non-hydrogen) atoms. The highest BCUT2D eigenvalue weighted by atomic mass is 35.5. The first-order valence-electron chi connectivity index (χ1n) is 12.0. The van der Waals surface area contributed by atoms with Crippen molar-refractivity contribution < 1.29 is 26.7 Å². The van der Waals surface area contributed by atoms with Gasteiger partial charge in [0, 0.05) is 43.3 Å². The van der Waals surface area contributed by atoms with Gasteiger partial charge < -0.3 is 4.74 Å². The maximum atomic E-state index is 14.1. The summed E-state index contributed by atoms with van der Waals surface area (Å²) in [6.45, 7) is 3.94. The molecule has 1 heterocycles. The van der Waals surface area contributed by atoms with Crippen LogP contribution in [0.25, 0.3) is 11.1 Å². The molecule has 0 amide bonds. The quantitative estimate of drug-likeness (QED) is 0.514. The largest absolute Gasteiger partial charge is 0.497 e. The number of hydrogen-bond acceptors (Lipinski definition) is 5. The fourth-order valence-corrected chi connectivity index (χ4v) is 6.25. The lowest BCUT2D eigenvalue weighted by Crippen LogP contribution is -2.41. The number of carbonyl (C=O) groups is 1. The number of ether oxygens (including phenoxy) is 1. The number of Topliss-reactive ketones (excluding diaryl/α,β-unsaturated/α-hetero) is 1. The van der Waals surface area contributed by atoms with Crippen LogP contribution in [0.3, 0.4) is 0 Å². The van der Waals surface area contributed by atoms with Gasteiger partial charge in [-0.05, 0) is 53.8 Å². The van der Waals surface area contributed by atoms with Gasteiger partial charge in [0.05, 0.1) is 17.3 Å². The number of benzene rings is 2. The molecule has 2 aliphatic carbocycles. The number of hydrogen-bond donors (Lipinski definition) is 0. The summed E-state index contributed by atoms with van der Waals surface area (Å²) in [4.78, 5) is 15.7. The number of halogens is 3. The number of sulfone groups is 1. The lowest BCUT2D eigenvalue weighted by molar-refractivity contribution is -0.110. The number of aryl methyl sites for hydroxylation is 1. The minimum atomic E-state index is -2.93. The van der Waals surface area contributed by atoms with E-state index < -0.39 is 21.5 Å². The van der Waals surface area contributed by atoms with Crippen molar-refractivity contribution in [3.63, 3.8) is 0 Å². The predicted octanol–water partition coefficient (Wildman–Crippen LogP) is 4.91. The van der Waals surface area contributed by atoms with Gasteiger partial charge in [-0.1, -0.05) is 29.8 Å². The van der Waals surface area contributed by atoms with Crippen LogP contribution >= 0.6 is 12.4 Å². The molecule has 0 aromatic heterocycles. The molecule has 9 heteroatoms. The van der Waals surface area contributed by atoms with Gasteiger partial charge in [-0.3, -0.25) is 9.69 Å². The highest BCUT2D eigenvalue weighted by Gasteiger charge is 2.35. The molecule has 0 saturated carbocycles. The molecule has 196 valence electrons. The van der Waals surface area contributed by atoms with E-state index in [9.17, 15) is 22.0 Å². The summed E-state index contributed by atoms with van der Waals surface area (Å²) in [6.07, 6.45) is 2.82. The SMILES string of the molecule is Cc1ccc(C2=C(c3cc(F)cc(F)c3)C3=C(C=C(OCCN4CCS(=O)(=O)CC4)CC3)C2=O)cc1.Cl. The summed E-state index contributed by atoms with van der Waals surface area (Å²) in [5.41, 5.74) is 4.38. The van der Waals surface area contributed by atoms with Crippen molar-refractivity contribution in [2.24, 2.45) is 0 Å². The van der Waals surface area contributed by atoms with Crippen molar-refractivity contribution in [3.8, 4) is 0 Å². The Labute approximate surface area is 221 Å². The van der Waals surface area contributed by atoms with E-state index in [1.54, 1.807) is 6.08 Å². The van der Waals surface area contributed by atoms with E-state index in [0.29, 0.717) is 72.7 Å². The zero-order chi connectivity index (χ0) is 25.4. The summed E-state index contributed by atoms with van der Waals surface area (Å²) >= 11 is 0. The van der Waals surface area contributed by atoms with Crippen molar-refractivity contribution >= 4 is 39.2 Å². The molecule has 2 aromatic rings. The van der Waals surface area contributed by atoms with Gasteiger partial charge in [0.1, 0.15) is 18.2 Å². The van der Waals surface area contributed by atoms with Crippen LogP contribution in [0.2, 0.25) is 0 Å². The Kier molecular flexibility index (Phi) is 8.02. The van der Waals surface area contributed by atoms with Crippen LogP contribution < -0.4 is 0 Å². The van der Waals surface area contributed by atoms with E-state index in [4.69, 9.17) is 4.74 Å². The summed E-state index contributed by atoms with van der Waals surface area (Å²) in [5.74, 6) is -0.558. The van der Waals surface area contributed by atoms with Crippen LogP contribution in [-0.2, 0) is 19.4 Å². The van der Waals surface area contributed by atoms with Crippen molar-refractivity contribution in [2.45, 2.75) is 19.8 Å². The minimum Gasteiger partial charge on any atom is -0.497 e. The topological polar surface area (TPSA) is 63.7 Å². The number of ketones is 1. The first-order chi connectivity index (χ1) is 17.2. The van der Waals surface area contributed by atoms with E-state index in [0.717, 1.165) is 17.2 Å². The van der Waals surface area contributed by atoms with Crippen molar-refractivity contribution in [1.29, 1.82) is 0 Å². The van der Waals surface area contributed by atoms with Crippen LogP contribution in [-0.4, -0.2) is 56.8 Å². The molecule has 0 atom stereocenters. The Morgan fingerprint density at radius 2 is 1.57 bits per heavy atom. The number of nitrogens with zero attached hydrogens (tertiary/aromatic N) is 1. The van der Waals surface area contributed by atoms with Gasteiger partial charge in [0.2, 0.25) is 0 Å². The molecule has 5 rings (SSSR count). The third-order valence-electron chi connectivity index (χ3n) is 6.90. The lowest BCUT2D eigenvalue weighted by Gasteiger charge is -2.27. The second kappa shape index (κ2) is 10.9. The van der Waals surface area contributed by atoms with Crippen LogP contribution in [0.1, 0.15) is 29.5 Å². The van der Waals surface area contributed by atoms with Gasteiger partial charge in [0.15, 0.2) is 15.6 Å². The van der Waals surface area contributed by atoms with Gasteiger partial charge in [0.25, 0.3) is 0 Å². The molecular formula is C28H28ClF2NO4S. The zero-order valence-electron chi connectivity index (χ0n) is 20.4. The molecule has 1 fully saturated rings. The average Bonchev–Trinajstić information content (AvgIpc) is 3.12. The van der Waals surface area contributed by atoms with Gasteiger partial charge in [-0.25, -0.2) is 17.2 Å². The van der Waals surface area contributed by atoms with E-state index in [-0.39, 0.29) is 29.7 Å². The first-order valence-corrected chi connectivity index (χ1v) is 13.8. The highest BCUT2D eigenvalue weighted by Crippen LogP contribution is 2.46. The van der Waals surface area contributed by atoms with Gasteiger partial charge >= 0.3 is 0 Å². The first kappa shape index (κ1) is 27.2. The zero-order valence-corrected chi connectivity index (χ0v) is 22.1. The van der Waals surface area contributed by atoms with Crippen molar-refractivity contribution in [1.82, 2.24) is 4.90 Å². The summed E-state index contributed by atoms with van der Waals surface area (Å²) in [6, 6.07) is 10.9. The number of allylic oxidation sites excluding steroid dienone is 6. The van der Waals surface area contributed by atoms with Crippen LogP contribution in [0.5, 0.6) is 0 Å². The van der Waals surface area contributed by atoms with Crippen LogP contribution in [0.4, 0.5) is 8.78 Å². The Bertz CT molecular complexity index is 1390. The monoisotopic (exact) mass is 547 g/mol. The summed E-state index contributed by atoms with van der Waals surface area (Å²) < 4.78 is 57.5. The molecule has 3 aliphatic rings. The van der Waals surface area contributed by atoms with Gasteiger partial charge in [-0.2, -0.15) is 0 Å². The fraction of sp³-hybridized carbons (Fsp3) is 0.321. The van der Waals surface area contributed by atoms with Crippen molar-refractivity contribution in [2.75, 3.05) is 37.7 Å². The highest BCUT2D eigenvalue weighted by molar-refractivity contribution is 7.91. The Balaban J connectivity index is 0.00000320. The fourth-order valence-electron chi connectivity index (χ4n) is 4.97. The normalized spacial score (nSPS) is 19.4. The van der Waals surface area contributed by atoms with E-state index in [1.807, 2.05) is 31.2 Å². The summed E-state index contributed by atoms with van der Waals surface area (Å²) in [5, 5.41) is 0. The minimum absolute atomic E-state index is 0. The standard InChI is InChI=1S/C28H27F2NO4S.ClH/c1-18-2-4-19(5-3-18)27-26(20-14-21(29)16-22(30)15-20)24-7-6-23(17-25(24)28(27)32)35-11-8-31-9-12-36(33,34)13-10-31;/h2-5,14-17H,6-13H2,1H3;1H. The number of rotatable bonds is 6. The molecule has 0 spiro atoms. The molecule has 0 N–H and O–H groups in total. The number of carbonyl (C=O) groups excluding carboxylic acids is 1. The lowest BCUT2D eigenvalue weighted by atomic mass is 9.89. The van der Waals surface area contributed by atoms with Gasteiger partial charge in [-0.15, -0.1) is 12.4 Å². The molecule has 0 bridgehead atoms. The molecule has 2 aromatic carbocycles. The molecule has 1 aliphatic heterocycles. The van der Waals surface area contributed by atoms with Crippen LogP contribution in [0.15, 0.2) is 65.4 Å². The van der Waals surface area contributed by atoms with E-state index in [1.165, 1.54) is 12.1 Å². The smallest absolute Gasteiger partial charge is 0.194 e. The summed E-state index contributed by atoms with van der Waals surface area (Å²) in [7, 11) is -2.93. The Hall–Kier alpha value is -2.81. The van der Waals surface area contributed by atoms with E-state index in [2.05, 4.69) is 4.90 Å². The predicted molar refractivity (Wildman–Crippen MR) is 142 cm³/mol. The van der Waals surface area contributed by atoms with Crippen LogP contribution in [0, 0.1) is 18.6 Å². The molecule has 1 saturated heterocycles. The second-order valence-corrected chi connectivity index (χ2v) is 11.8. The second-order valence-electron chi connectivity index (χ2n) is 9.45. The Morgan fingerprint density at radius 3 is 2.22 bits per heavy atom. The third kappa shape index (κ3) is 5.87. The maximum absolute atomic E-state index is 14.1. The molecule has 0 unspecified atom stereocenters. The molecular weight excluding hydrogens is 520 g/mol. The van der Waals surface area contributed by atoms with E-state index >= 15 is 0 Å². The Morgan fingerprint density at radius 1 is 0.919 bits per heavy atom. The average molecular weight is 548 g/mol.